The zero-order valence-corrected chi connectivity index (χ0v) is 38.1. The number of benzene rings is 2. The SMILES string of the molecule is CC(=O)N[C@H]1[C@H](O)[C@@H](O)[C@H](CO)O[C@@H]1NC(=O)C[C@@H](N)C(=O)N[C@@H]1CC(=O)NC[C@@H](C(=O)N[C@H](CC(C)C)C(=O)O)NC(=O)[C@@H](Cc2ccccc2)NC(=O)[C@@H](Cc2c[nH]c3ccccc23)NC1=O. The number of aliphatic carboxylic acids is 1. The molecule has 2 aliphatic heterocycles. The molecule has 1 aromatic heterocycles. The van der Waals surface area contributed by atoms with Gasteiger partial charge in [-0.05, 0) is 29.5 Å². The first-order chi connectivity index (χ1) is 32.7. The summed E-state index contributed by atoms with van der Waals surface area (Å²) in [6.45, 7) is 3.17. The number of carbonyl (C=O) groups is 9. The number of hydrogen-bond donors (Lipinski definition) is 14. The van der Waals surface area contributed by atoms with Crippen molar-refractivity contribution in [1.29, 1.82) is 0 Å². The van der Waals surface area contributed by atoms with Crippen molar-refractivity contribution in [1.82, 2.24) is 47.5 Å². The fourth-order valence-corrected chi connectivity index (χ4v) is 7.89. The van der Waals surface area contributed by atoms with E-state index in [1.807, 2.05) is 0 Å². The van der Waals surface area contributed by atoms with Gasteiger partial charge in [0.25, 0.3) is 0 Å². The van der Waals surface area contributed by atoms with Crippen LogP contribution < -0.4 is 48.3 Å². The molecule has 2 fully saturated rings. The number of aromatic amines is 1. The number of aliphatic hydroxyl groups is 3. The molecular weight excluding hydrogens is 905 g/mol. The van der Waals surface area contributed by atoms with E-state index in [4.69, 9.17) is 10.5 Å². The monoisotopic (exact) mass is 964 g/mol. The highest BCUT2D eigenvalue weighted by molar-refractivity contribution is 5.99. The molecule has 2 aliphatic rings. The molecule has 2 aromatic carbocycles. The van der Waals surface area contributed by atoms with E-state index in [1.165, 1.54) is 0 Å². The smallest absolute Gasteiger partial charge is 0.326 e. The van der Waals surface area contributed by atoms with Crippen molar-refractivity contribution in [2.24, 2.45) is 11.7 Å². The van der Waals surface area contributed by atoms with Gasteiger partial charge < -0.3 is 78.4 Å². The van der Waals surface area contributed by atoms with Gasteiger partial charge >= 0.3 is 5.97 Å². The number of H-pyrrole nitrogens is 1. The lowest BCUT2D eigenvalue weighted by Crippen LogP contribution is -2.68. The summed E-state index contributed by atoms with van der Waals surface area (Å²) in [5, 5.41) is 60.9. The average molecular weight is 965 g/mol. The summed E-state index contributed by atoms with van der Waals surface area (Å²) in [7, 11) is 0. The van der Waals surface area contributed by atoms with Crippen LogP contribution in [0.2, 0.25) is 0 Å². The lowest BCUT2D eigenvalue weighted by Gasteiger charge is -2.42. The predicted octanol–water partition coefficient (Wildman–Crippen LogP) is -4.20. The molecule has 3 heterocycles. The van der Waals surface area contributed by atoms with E-state index in [-0.39, 0.29) is 25.2 Å². The highest BCUT2D eigenvalue weighted by atomic mass is 16.5. The molecule has 0 bridgehead atoms. The largest absolute Gasteiger partial charge is 0.480 e. The van der Waals surface area contributed by atoms with Crippen molar-refractivity contribution in [3.05, 3.63) is 71.9 Å². The quantitative estimate of drug-likeness (QED) is 0.0648. The second-order valence-electron chi connectivity index (χ2n) is 17.4. The van der Waals surface area contributed by atoms with Crippen molar-refractivity contribution in [2.75, 3.05) is 13.2 Å². The number of nitrogens with one attached hydrogen (secondary N) is 9. The van der Waals surface area contributed by atoms with E-state index >= 15 is 0 Å². The number of aromatic nitrogens is 1. The number of ether oxygens (including phenoxy) is 1. The number of carbonyl (C=O) groups excluding carboxylic acids is 8. The Balaban J connectivity index is 1.44. The Morgan fingerprint density at radius 2 is 1.49 bits per heavy atom. The van der Waals surface area contributed by atoms with Crippen LogP contribution in [0.25, 0.3) is 10.9 Å². The average Bonchev–Trinajstić information content (AvgIpc) is 3.71. The summed E-state index contributed by atoms with van der Waals surface area (Å²) in [6, 6.07) is 4.81. The second-order valence-corrected chi connectivity index (χ2v) is 17.4. The summed E-state index contributed by atoms with van der Waals surface area (Å²) >= 11 is 0. The summed E-state index contributed by atoms with van der Waals surface area (Å²) < 4.78 is 5.51. The van der Waals surface area contributed by atoms with Crippen LogP contribution >= 0.6 is 0 Å². The third-order valence-corrected chi connectivity index (χ3v) is 11.5. The summed E-state index contributed by atoms with van der Waals surface area (Å²) in [5.74, 6) is -9.08. The molecular formula is C45H60N10O14. The summed E-state index contributed by atoms with van der Waals surface area (Å²) in [6.07, 6.45) is -6.57. The van der Waals surface area contributed by atoms with E-state index in [0.717, 1.165) is 6.92 Å². The lowest BCUT2D eigenvalue weighted by molar-refractivity contribution is -0.203. The van der Waals surface area contributed by atoms with Gasteiger partial charge in [0.2, 0.25) is 47.3 Å². The van der Waals surface area contributed by atoms with Gasteiger partial charge in [0.05, 0.1) is 25.5 Å². The fraction of sp³-hybridized carbons (Fsp3) is 0.489. The first-order valence-electron chi connectivity index (χ1n) is 22.3. The molecule has 8 amide bonds. The van der Waals surface area contributed by atoms with Gasteiger partial charge in [-0.25, -0.2) is 4.79 Å². The van der Waals surface area contributed by atoms with Crippen LogP contribution in [-0.4, -0.2) is 159 Å². The first kappa shape index (κ1) is 53.0. The third-order valence-electron chi connectivity index (χ3n) is 11.5. The highest BCUT2D eigenvalue weighted by Gasteiger charge is 2.45. The molecule has 0 spiro atoms. The summed E-state index contributed by atoms with van der Waals surface area (Å²) in [4.78, 5) is 124. The number of rotatable bonds is 16. The second kappa shape index (κ2) is 24.3. The Morgan fingerprint density at radius 3 is 2.16 bits per heavy atom. The molecule has 0 aliphatic carbocycles. The Hall–Kier alpha value is -6.99. The highest BCUT2D eigenvalue weighted by Crippen LogP contribution is 2.22. The number of nitrogens with two attached hydrogens (primary N) is 1. The Labute approximate surface area is 395 Å². The number of carboxylic acid groups (broad SMARTS) is 1. The molecule has 2 saturated heterocycles. The molecule has 374 valence electrons. The standard InChI is InChI=1S/C45H60N10O14/c1-21(2)13-31(45(67)68)53-43(66)32-19-48-34(58)17-30(50-39(62)26(46)16-35(59)55-44-36(49-22(3)57)38(61)37(60)33(20-56)69-44)42(65)52-29(15-24-18-47-27-12-8-7-11-25(24)27)41(64)51-28(40(63)54-32)14-23-9-5-4-6-10-23/h4-12,18,21,26,28-33,36-38,44,47,56,60-61H,13-17,19-20,46H2,1-3H3,(H,48,58)(H,49,57)(H,50,62)(H,51,64)(H,52,65)(H,53,66)(H,54,63)(H,55,59)(H,67,68)/t26-,28-,29-,30-,31-,32+,33+,36+,37+,38+,44+/m1/s1. The van der Waals surface area contributed by atoms with Crippen LogP contribution in [0.15, 0.2) is 60.8 Å². The number of carboxylic acids is 1. The van der Waals surface area contributed by atoms with E-state index in [2.05, 4.69) is 47.5 Å². The van der Waals surface area contributed by atoms with Gasteiger partial charge in [-0.2, -0.15) is 0 Å². The van der Waals surface area contributed by atoms with Crippen LogP contribution in [0.5, 0.6) is 0 Å². The van der Waals surface area contributed by atoms with Crippen molar-refractivity contribution < 1.29 is 68.3 Å². The minimum atomic E-state index is -1.80. The van der Waals surface area contributed by atoms with Crippen LogP contribution in [-0.2, 0) is 60.7 Å². The fourth-order valence-electron chi connectivity index (χ4n) is 7.89. The molecule has 24 heteroatoms. The van der Waals surface area contributed by atoms with Gasteiger partial charge in [0.15, 0.2) is 6.23 Å². The molecule has 24 nitrogen and oxygen atoms in total. The predicted molar refractivity (Wildman–Crippen MR) is 243 cm³/mol. The van der Waals surface area contributed by atoms with Gasteiger partial charge in [-0.1, -0.05) is 62.4 Å². The number of para-hydroxylation sites is 1. The van der Waals surface area contributed by atoms with Gasteiger partial charge in [0.1, 0.15) is 54.6 Å². The third kappa shape index (κ3) is 14.8. The zero-order valence-electron chi connectivity index (χ0n) is 38.1. The first-order valence-corrected chi connectivity index (χ1v) is 22.3. The number of aliphatic hydroxyl groups excluding tert-OH is 3. The minimum Gasteiger partial charge on any atom is -0.480 e. The minimum absolute atomic E-state index is 0.0162. The van der Waals surface area contributed by atoms with E-state index in [0.29, 0.717) is 22.0 Å². The Morgan fingerprint density at radius 1 is 0.841 bits per heavy atom. The Bertz CT molecular complexity index is 2350. The van der Waals surface area contributed by atoms with E-state index < -0.39 is 146 Å². The van der Waals surface area contributed by atoms with Crippen molar-refractivity contribution in [3.63, 3.8) is 0 Å². The van der Waals surface area contributed by atoms with Crippen molar-refractivity contribution in [2.45, 2.75) is 120 Å². The molecule has 15 N–H and O–H groups in total. The van der Waals surface area contributed by atoms with Crippen LogP contribution in [0.4, 0.5) is 0 Å². The van der Waals surface area contributed by atoms with Crippen LogP contribution in [0.3, 0.4) is 0 Å². The normalized spacial score (nSPS) is 25.7. The van der Waals surface area contributed by atoms with Gasteiger partial charge in [-0.15, -0.1) is 0 Å². The van der Waals surface area contributed by atoms with E-state index in [9.17, 15) is 63.6 Å². The number of amides is 8. The summed E-state index contributed by atoms with van der Waals surface area (Å²) in [5.41, 5.74) is 7.98. The lowest BCUT2D eigenvalue weighted by atomic mass is 9.95. The molecule has 11 atom stereocenters. The maximum absolute atomic E-state index is 14.5. The molecule has 3 aromatic rings. The Kier molecular flexibility index (Phi) is 18.7. The van der Waals surface area contributed by atoms with Gasteiger partial charge in [-0.3, -0.25) is 38.4 Å². The zero-order chi connectivity index (χ0) is 50.5. The molecule has 0 saturated carbocycles. The molecule has 69 heavy (non-hydrogen) atoms. The molecule has 0 radical (unpaired) electrons. The van der Waals surface area contributed by atoms with E-state index in [1.54, 1.807) is 74.6 Å². The van der Waals surface area contributed by atoms with Crippen molar-refractivity contribution >= 4 is 64.1 Å². The molecule has 0 unspecified atom stereocenters. The molecule has 5 rings (SSSR count). The maximum Gasteiger partial charge on any atom is 0.326 e. The maximum atomic E-state index is 14.5. The van der Waals surface area contributed by atoms with Crippen LogP contribution in [0, 0.1) is 5.92 Å². The topological polar surface area (TPSA) is 382 Å². The van der Waals surface area contributed by atoms with Gasteiger partial charge in [0, 0.05) is 43.4 Å². The van der Waals surface area contributed by atoms with Crippen molar-refractivity contribution in [3.8, 4) is 0 Å². The number of hydrogen-bond acceptors (Lipinski definition) is 14. The van der Waals surface area contributed by atoms with Crippen LogP contribution in [0.1, 0.15) is 51.2 Å². The number of fused-ring (bicyclic) bond motifs is 1.